The van der Waals surface area contributed by atoms with Gasteiger partial charge in [0, 0.05) is 58.5 Å². The van der Waals surface area contributed by atoms with Crippen LogP contribution in [0.2, 0.25) is 39.3 Å². The quantitative estimate of drug-likeness (QED) is 0.134. The van der Waals surface area contributed by atoms with E-state index in [4.69, 9.17) is 0 Å². The number of aryl methyl sites for hydroxylation is 4. The van der Waals surface area contributed by atoms with Crippen LogP contribution >= 0.6 is 79.4 Å². The molecule has 7 aromatic heterocycles. The Morgan fingerprint density at radius 1 is 0.327 bits per heavy atom. The SMILES string of the molecule is Cc1cc(-c2sc(-c3sc(-c4cc(C)c(-c5cc(C)c(-c6ccc([Si](C)(C)C)s6)s5)s4)c(C)c3C)cc2C)sc1-c1ccc([Si](C)(C)C)s1. The molecule has 0 aliphatic heterocycles. The van der Waals surface area contributed by atoms with Gasteiger partial charge >= 0.3 is 0 Å². The van der Waals surface area contributed by atoms with Gasteiger partial charge in [0.1, 0.15) is 0 Å². The van der Waals surface area contributed by atoms with Gasteiger partial charge in [-0.25, -0.2) is 0 Å². The van der Waals surface area contributed by atoms with E-state index in [0.29, 0.717) is 0 Å². The second kappa shape index (κ2) is 13.1. The number of thiophene rings is 7. The van der Waals surface area contributed by atoms with Crippen molar-refractivity contribution in [1.82, 2.24) is 0 Å². The Hall–Kier alpha value is -1.67. The van der Waals surface area contributed by atoms with Crippen LogP contribution < -0.4 is 9.00 Å². The van der Waals surface area contributed by atoms with Gasteiger partial charge in [-0.05, 0) is 120 Å². The normalized spacial score (nSPS) is 12.5. The van der Waals surface area contributed by atoms with Gasteiger partial charge in [-0.2, -0.15) is 0 Å². The summed E-state index contributed by atoms with van der Waals surface area (Å²) in [6, 6.07) is 19.2. The first-order valence-corrected chi connectivity index (χ1v) is 29.5. The molecule has 0 amide bonds. The first kappa shape index (κ1) is 35.7. The second-order valence-corrected chi connectivity index (χ2v) is 33.5. The summed E-state index contributed by atoms with van der Waals surface area (Å²) >= 11 is 13.9. The highest BCUT2D eigenvalue weighted by molar-refractivity contribution is 7.34. The zero-order valence-corrected chi connectivity index (χ0v) is 38.2. The molecule has 0 atom stereocenters. The van der Waals surface area contributed by atoms with Crippen molar-refractivity contribution >= 4 is 105 Å². The molecule has 49 heavy (non-hydrogen) atoms. The molecule has 7 heterocycles. The van der Waals surface area contributed by atoms with Gasteiger partial charge in [0.05, 0.1) is 16.1 Å². The van der Waals surface area contributed by atoms with E-state index in [1.165, 1.54) is 91.9 Å². The standard InChI is InChI=1S/C40H44S7Si2/c1-21-17-29(43-35(21)27-13-15-33(41-27)48(7,8)9)37-23(3)19-31(45-37)39-25(5)26(6)40(47-39)32-20-24(4)38(46-32)30-18-22(2)36(44-30)28-14-16-34(42-28)49(10,11)12/h13-20H,1-12H3. The van der Waals surface area contributed by atoms with E-state index in [0.717, 1.165) is 0 Å². The first-order valence-electron chi connectivity index (χ1n) is 16.7. The lowest BCUT2D eigenvalue weighted by molar-refractivity contribution is 1.41. The smallest absolute Gasteiger partial charge is 0.0904 e. The van der Waals surface area contributed by atoms with Crippen molar-refractivity contribution in [1.29, 1.82) is 0 Å². The van der Waals surface area contributed by atoms with Crippen molar-refractivity contribution in [3.05, 3.63) is 81.9 Å². The monoisotopic (exact) mass is 804 g/mol. The van der Waals surface area contributed by atoms with Crippen LogP contribution in [0.5, 0.6) is 0 Å². The largest absolute Gasteiger partial charge is 0.144 e. The van der Waals surface area contributed by atoms with Crippen LogP contribution in [0.4, 0.5) is 0 Å². The highest BCUT2D eigenvalue weighted by Crippen LogP contribution is 2.51. The molecule has 254 valence electrons. The molecule has 0 saturated carbocycles. The molecule has 0 aliphatic carbocycles. The summed E-state index contributed by atoms with van der Waals surface area (Å²) in [5.74, 6) is 0. The Morgan fingerprint density at radius 3 is 0.898 bits per heavy atom. The molecule has 7 rings (SSSR count). The van der Waals surface area contributed by atoms with Crippen LogP contribution in [0.1, 0.15) is 33.4 Å². The zero-order chi connectivity index (χ0) is 35.2. The minimum absolute atomic E-state index is 1.31. The van der Waals surface area contributed by atoms with E-state index < -0.39 is 16.1 Å². The molecule has 0 saturated heterocycles. The fourth-order valence-corrected chi connectivity index (χ4v) is 18.9. The lowest BCUT2D eigenvalue weighted by atomic mass is 10.1. The maximum absolute atomic E-state index is 2.44. The number of hydrogen-bond acceptors (Lipinski definition) is 7. The number of hydrogen-bond donors (Lipinski definition) is 0. The summed E-state index contributed by atoms with van der Waals surface area (Å²) in [5, 5.41) is 0. The van der Waals surface area contributed by atoms with Crippen molar-refractivity contribution in [3.8, 4) is 58.5 Å². The van der Waals surface area contributed by atoms with Crippen LogP contribution in [0.25, 0.3) is 58.5 Å². The van der Waals surface area contributed by atoms with Crippen molar-refractivity contribution in [2.45, 2.75) is 80.8 Å². The summed E-state index contributed by atoms with van der Waals surface area (Å²) in [6.07, 6.45) is 0. The molecule has 0 aliphatic rings. The summed E-state index contributed by atoms with van der Waals surface area (Å²) in [5.41, 5.74) is 8.40. The molecule has 0 N–H and O–H groups in total. The van der Waals surface area contributed by atoms with Gasteiger partial charge < -0.3 is 0 Å². The molecule has 0 spiro atoms. The van der Waals surface area contributed by atoms with Gasteiger partial charge in [-0.1, -0.05) is 51.4 Å². The summed E-state index contributed by atoms with van der Waals surface area (Å²) in [6.45, 7) is 28.5. The van der Waals surface area contributed by atoms with Crippen LogP contribution in [-0.2, 0) is 0 Å². The molecule has 7 aromatic rings. The van der Waals surface area contributed by atoms with E-state index in [1.54, 1.807) is 9.00 Å². The maximum atomic E-state index is 2.44. The van der Waals surface area contributed by atoms with E-state index in [2.05, 4.69) is 129 Å². The van der Waals surface area contributed by atoms with Gasteiger partial charge in [0.15, 0.2) is 0 Å². The first-order chi connectivity index (χ1) is 23.0. The van der Waals surface area contributed by atoms with Crippen LogP contribution in [0.15, 0.2) is 48.5 Å². The fourth-order valence-electron chi connectivity index (χ4n) is 6.15. The van der Waals surface area contributed by atoms with Crippen LogP contribution in [0.3, 0.4) is 0 Å². The highest BCUT2D eigenvalue weighted by Gasteiger charge is 2.25. The van der Waals surface area contributed by atoms with Crippen molar-refractivity contribution < 1.29 is 0 Å². The molecule has 9 heteroatoms. The van der Waals surface area contributed by atoms with Crippen molar-refractivity contribution in [2.24, 2.45) is 0 Å². The third-order valence-electron chi connectivity index (χ3n) is 9.15. The van der Waals surface area contributed by atoms with E-state index in [-0.39, 0.29) is 0 Å². The lowest BCUT2D eigenvalue weighted by Crippen LogP contribution is -2.34. The molecular weight excluding hydrogens is 761 g/mol. The van der Waals surface area contributed by atoms with E-state index in [1.807, 2.05) is 79.4 Å². The van der Waals surface area contributed by atoms with Crippen molar-refractivity contribution in [2.75, 3.05) is 0 Å². The minimum Gasteiger partial charge on any atom is -0.144 e. The summed E-state index contributed by atoms with van der Waals surface area (Å²) in [4.78, 5) is 17.0. The fraction of sp³-hybridized carbons (Fsp3) is 0.300. The zero-order valence-electron chi connectivity index (χ0n) is 30.5. The Balaban J connectivity index is 1.19. The molecule has 0 unspecified atom stereocenters. The van der Waals surface area contributed by atoms with Gasteiger partial charge in [-0.3, -0.25) is 0 Å². The van der Waals surface area contributed by atoms with E-state index >= 15 is 0 Å². The topological polar surface area (TPSA) is 0 Å². The Labute approximate surface area is 322 Å². The average molecular weight is 805 g/mol. The predicted octanol–water partition coefficient (Wildman–Crippen LogP) is 15.1. The third-order valence-corrected chi connectivity index (χ3v) is 25.9. The lowest BCUT2D eigenvalue weighted by Gasteiger charge is -2.12. The minimum atomic E-state index is -1.31. The Kier molecular flexibility index (Phi) is 9.53. The second-order valence-electron chi connectivity index (χ2n) is 15.3. The van der Waals surface area contributed by atoms with Gasteiger partial charge in [-0.15, -0.1) is 79.4 Å². The van der Waals surface area contributed by atoms with Crippen LogP contribution in [-0.4, -0.2) is 16.1 Å². The molecule has 0 bridgehead atoms. The summed E-state index contributed by atoms with van der Waals surface area (Å²) in [7, 11) is -2.61. The van der Waals surface area contributed by atoms with Gasteiger partial charge in [0.2, 0.25) is 0 Å². The van der Waals surface area contributed by atoms with Crippen molar-refractivity contribution in [3.63, 3.8) is 0 Å². The van der Waals surface area contributed by atoms with Crippen LogP contribution in [0, 0.1) is 41.5 Å². The molecule has 0 radical (unpaired) electrons. The maximum Gasteiger partial charge on any atom is 0.0904 e. The number of rotatable bonds is 8. The third kappa shape index (κ3) is 6.73. The molecular formula is C40H44S7Si2. The predicted molar refractivity (Wildman–Crippen MR) is 239 cm³/mol. The Morgan fingerprint density at radius 2 is 0.612 bits per heavy atom. The molecule has 0 fully saturated rings. The Bertz CT molecular complexity index is 2160. The average Bonchev–Trinajstić information content (AvgIpc) is 3.85. The molecule has 0 nitrogen and oxygen atoms in total. The van der Waals surface area contributed by atoms with Gasteiger partial charge in [0.25, 0.3) is 0 Å². The highest BCUT2D eigenvalue weighted by atomic mass is 32.1. The van der Waals surface area contributed by atoms with E-state index in [9.17, 15) is 0 Å². The summed E-state index contributed by atoms with van der Waals surface area (Å²) < 4.78 is 3.17. The molecule has 0 aromatic carbocycles.